The fraction of sp³-hybridized carbons (Fsp3) is 0.818. The molecule has 5 heteroatoms. The molecule has 1 aliphatic rings. The second kappa shape index (κ2) is 5.84. The molecule has 0 aliphatic carbocycles. The Morgan fingerprint density at radius 3 is 2.75 bits per heavy atom. The van der Waals surface area contributed by atoms with E-state index in [-0.39, 0.29) is 30.4 Å². The lowest BCUT2D eigenvalue weighted by molar-refractivity contribution is -0.138. The van der Waals surface area contributed by atoms with Crippen LogP contribution >= 0.6 is 0 Å². The minimum Gasteiger partial charge on any atom is -0.481 e. The third kappa shape index (κ3) is 3.81. The number of rotatable bonds is 5. The molecule has 0 bridgehead atoms. The van der Waals surface area contributed by atoms with Crippen LogP contribution < -0.4 is 5.32 Å². The molecule has 0 aromatic heterocycles. The van der Waals surface area contributed by atoms with Crippen LogP contribution in [0.4, 0.5) is 0 Å². The van der Waals surface area contributed by atoms with Crippen LogP contribution in [-0.4, -0.2) is 35.7 Å². The van der Waals surface area contributed by atoms with Gasteiger partial charge in [-0.1, -0.05) is 6.92 Å². The summed E-state index contributed by atoms with van der Waals surface area (Å²) in [5.74, 6) is -0.721. The van der Waals surface area contributed by atoms with Gasteiger partial charge < -0.3 is 15.2 Å². The van der Waals surface area contributed by atoms with E-state index in [1.165, 1.54) is 0 Å². The molecule has 1 rings (SSSR count). The Hall–Kier alpha value is -1.10. The van der Waals surface area contributed by atoms with Crippen molar-refractivity contribution in [3.05, 3.63) is 0 Å². The zero-order valence-electron chi connectivity index (χ0n) is 9.73. The number of carbonyl (C=O) groups excluding carboxylic acids is 1. The zero-order valence-corrected chi connectivity index (χ0v) is 9.73. The number of amides is 1. The molecule has 0 aromatic rings. The van der Waals surface area contributed by atoms with Gasteiger partial charge in [0, 0.05) is 19.1 Å². The topological polar surface area (TPSA) is 75.6 Å². The summed E-state index contributed by atoms with van der Waals surface area (Å²) in [7, 11) is 0. The predicted octanol–water partition coefficient (Wildman–Crippen LogP) is 0.781. The highest BCUT2D eigenvalue weighted by atomic mass is 16.5. The van der Waals surface area contributed by atoms with E-state index in [0.717, 1.165) is 6.42 Å². The molecule has 1 amide bonds. The summed E-state index contributed by atoms with van der Waals surface area (Å²) in [6, 6.07) is -0.125. The van der Waals surface area contributed by atoms with Crippen molar-refractivity contribution in [1.29, 1.82) is 0 Å². The monoisotopic (exact) mass is 229 g/mol. The Bertz CT molecular complexity index is 267. The quantitative estimate of drug-likeness (QED) is 0.730. The maximum Gasteiger partial charge on any atom is 0.303 e. The van der Waals surface area contributed by atoms with E-state index in [1.54, 1.807) is 6.92 Å². The molecule has 1 heterocycles. The van der Waals surface area contributed by atoms with Crippen molar-refractivity contribution in [2.45, 2.75) is 45.3 Å². The van der Waals surface area contributed by atoms with Crippen LogP contribution in [0.5, 0.6) is 0 Å². The molecule has 3 atom stereocenters. The second-order valence-corrected chi connectivity index (χ2v) is 4.40. The van der Waals surface area contributed by atoms with Crippen molar-refractivity contribution in [3.8, 4) is 0 Å². The molecule has 1 aliphatic heterocycles. The fourth-order valence-corrected chi connectivity index (χ4v) is 1.77. The Labute approximate surface area is 95.2 Å². The summed E-state index contributed by atoms with van der Waals surface area (Å²) < 4.78 is 5.33. The Morgan fingerprint density at radius 2 is 2.25 bits per heavy atom. The molecule has 0 radical (unpaired) electrons. The molecule has 1 fully saturated rings. The van der Waals surface area contributed by atoms with Crippen molar-refractivity contribution < 1.29 is 19.4 Å². The molecule has 1 saturated heterocycles. The minimum atomic E-state index is -0.841. The Kier molecular flexibility index (Phi) is 4.73. The molecule has 92 valence electrons. The van der Waals surface area contributed by atoms with Gasteiger partial charge in [0.2, 0.25) is 5.91 Å². The third-order valence-corrected chi connectivity index (χ3v) is 2.83. The van der Waals surface area contributed by atoms with E-state index in [1.807, 2.05) is 6.92 Å². The van der Waals surface area contributed by atoms with E-state index in [9.17, 15) is 9.59 Å². The first kappa shape index (κ1) is 13.0. The third-order valence-electron chi connectivity index (χ3n) is 2.83. The molecule has 0 aromatic carbocycles. The first-order valence-corrected chi connectivity index (χ1v) is 5.64. The van der Waals surface area contributed by atoms with Gasteiger partial charge in [0.15, 0.2) is 0 Å². The average molecular weight is 229 g/mol. The molecule has 3 unspecified atom stereocenters. The average Bonchev–Trinajstić information content (AvgIpc) is 2.61. The number of ether oxygens (including phenoxy) is 1. The lowest BCUT2D eigenvalue weighted by Crippen LogP contribution is -2.42. The summed E-state index contributed by atoms with van der Waals surface area (Å²) in [6.45, 7) is 4.42. The molecule has 0 spiro atoms. The van der Waals surface area contributed by atoms with E-state index in [2.05, 4.69) is 5.32 Å². The predicted molar refractivity (Wildman–Crippen MR) is 58.0 cm³/mol. The van der Waals surface area contributed by atoms with E-state index in [0.29, 0.717) is 13.0 Å². The highest BCUT2D eigenvalue weighted by molar-refractivity contribution is 5.81. The van der Waals surface area contributed by atoms with Crippen LogP contribution in [0.3, 0.4) is 0 Å². The summed E-state index contributed by atoms with van der Waals surface area (Å²) in [4.78, 5) is 22.1. The van der Waals surface area contributed by atoms with E-state index < -0.39 is 5.97 Å². The van der Waals surface area contributed by atoms with Gasteiger partial charge in [0.1, 0.15) is 6.10 Å². The number of carboxylic acid groups (broad SMARTS) is 1. The van der Waals surface area contributed by atoms with Crippen molar-refractivity contribution in [3.63, 3.8) is 0 Å². The van der Waals surface area contributed by atoms with Crippen LogP contribution in [0.2, 0.25) is 0 Å². The Balaban J connectivity index is 2.30. The fourth-order valence-electron chi connectivity index (χ4n) is 1.77. The van der Waals surface area contributed by atoms with Crippen LogP contribution in [0.15, 0.2) is 0 Å². The zero-order chi connectivity index (χ0) is 12.1. The summed E-state index contributed by atoms with van der Waals surface area (Å²) in [5.41, 5.74) is 0. The number of aliphatic carboxylic acids is 1. The smallest absolute Gasteiger partial charge is 0.303 e. The van der Waals surface area contributed by atoms with Crippen molar-refractivity contribution in [2.75, 3.05) is 6.61 Å². The molecule has 0 saturated carbocycles. The number of hydrogen-bond donors (Lipinski definition) is 2. The SMILES string of the molecule is CC(CCC(=O)O)NC(=O)C1OCCC1C. The Morgan fingerprint density at radius 1 is 1.56 bits per heavy atom. The maximum absolute atomic E-state index is 11.7. The van der Waals surface area contributed by atoms with Crippen LogP contribution in [0.25, 0.3) is 0 Å². The lowest BCUT2D eigenvalue weighted by atomic mass is 10.0. The molecular formula is C11H19NO4. The number of carboxylic acids is 1. The van der Waals surface area contributed by atoms with Crippen molar-refractivity contribution in [1.82, 2.24) is 5.32 Å². The van der Waals surface area contributed by atoms with E-state index >= 15 is 0 Å². The van der Waals surface area contributed by atoms with Crippen LogP contribution in [0.1, 0.15) is 33.1 Å². The lowest BCUT2D eigenvalue weighted by Gasteiger charge is -2.18. The minimum absolute atomic E-state index is 0.0719. The van der Waals surface area contributed by atoms with Gasteiger partial charge >= 0.3 is 5.97 Å². The van der Waals surface area contributed by atoms with Gasteiger partial charge in [-0.2, -0.15) is 0 Å². The molecule has 16 heavy (non-hydrogen) atoms. The van der Waals surface area contributed by atoms with Gasteiger partial charge in [0.25, 0.3) is 0 Å². The van der Waals surface area contributed by atoms with Gasteiger partial charge in [-0.25, -0.2) is 0 Å². The first-order valence-electron chi connectivity index (χ1n) is 5.64. The molecular weight excluding hydrogens is 210 g/mol. The van der Waals surface area contributed by atoms with Crippen LogP contribution in [0, 0.1) is 5.92 Å². The number of nitrogens with one attached hydrogen (secondary N) is 1. The van der Waals surface area contributed by atoms with Crippen molar-refractivity contribution >= 4 is 11.9 Å². The molecule has 5 nitrogen and oxygen atoms in total. The van der Waals surface area contributed by atoms with E-state index in [4.69, 9.17) is 9.84 Å². The molecule has 2 N–H and O–H groups in total. The normalized spacial score (nSPS) is 26.4. The van der Waals surface area contributed by atoms with Gasteiger partial charge in [-0.05, 0) is 25.7 Å². The highest BCUT2D eigenvalue weighted by Crippen LogP contribution is 2.20. The van der Waals surface area contributed by atoms with Crippen LogP contribution in [-0.2, 0) is 14.3 Å². The maximum atomic E-state index is 11.7. The first-order chi connectivity index (χ1) is 7.50. The highest BCUT2D eigenvalue weighted by Gasteiger charge is 2.31. The number of carbonyl (C=O) groups is 2. The van der Waals surface area contributed by atoms with Crippen molar-refractivity contribution in [2.24, 2.45) is 5.92 Å². The van der Waals surface area contributed by atoms with Gasteiger partial charge in [-0.3, -0.25) is 9.59 Å². The second-order valence-electron chi connectivity index (χ2n) is 4.40. The van der Waals surface area contributed by atoms with Gasteiger partial charge in [0.05, 0.1) is 0 Å². The van der Waals surface area contributed by atoms with Gasteiger partial charge in [-0.15, -0.1) is 0 Å². The standard InChI is InChI=1S/C11H19NO4/c1-7-5-6-16-10(7)11(15)12-8(2)3-4-9(13)14/h7-8,10H,3-6H2,1-2H3,(H,12,15)(H,13,14). The summed E-state index contributed by atoms with van der Waals surface area (Å²) in [6.07, 6.45) is 1.05. The summed E-state index contributed by atoms with van der Waals surface area (Å²) in [5, 5.41) is 11.3. The largest absolute Gasteiger partial charge is 0.481 e. The summed E-state index contributed by atoms with van der Waals surface area (Å²) >= 11 is 0. The number of hydrogen-bond acceptors (Lipinski definition) is 3.